The molecule has 0 radical (unpaired) electrons. The summed E-state index contributed by atoms with van der Waals surface area (Å²) in [5.41, 5.74) is 5.37. The van der Waals surface area contributed by atoms with E-state index in [0.29, 0.717) is 6.42 Å². The van der Waals surface area contributed by atoms with E-state index >= 15 is 0 Å². The lowest BCUT2D eigenvalue weighted by Gasteiger charge is -2.19. The van der Waals surface area contributed by atoms with Gasteiger partial charge in [-0.2, -0.15) is 0 Å². The standard InChI is InChI=1S/C52H104NO8P/c1-3-5-7-9-11-13-15-17-19-21-23-24-25-27-29-31-33-35-37-39-41-43-45-52(55)61-50(49-60-62(56,57)59-47-46-53)48-58-51(54)44-42-40-38-36-34-32-30-28-26-22-20-18-16-14-12-10-8-6-4-2/h50H,3-49,53H2,1-2H3,(H,56,57). The summed E-state index contributed by atoms with van der Waals surface area (Å²) >= 11 is 0. The number of phosphoric ester groups is 1. The molecule has 0 aromatic carbocycles. The maximum atomic E-state index is 12.7. The molecule has 0 bridgehead atoms. The summed E-state index contributed by atoms with van der Waals surface area (Å²) in [6.45, 7) is 3.81. The minimum Gasteiger partial charge on any atom is -0.462 e. The highest BCUT2D eigenvalue weighted by Crippen LogP contribution is 2.43. The van der Waals surface area contributed by atoms with Crippen LogP contribution in [-0.2, 0) is 32.7 Å². The third-order valence-corrected chi connectivity index (χ3v) is 13.2. The van der Waals surface area contributed by atoms with Crippen LogP contribution < -0.4 is 5.73 Å². The van der Waals surface area contributed by atoms with Crippen molar-refractivity contribution >= 4 is 19.8 Å². The zero-order valence-corrected chi connectivity index (χ0v) is 42.0. The Balaban J connectivity index is 3.95. The van der Waals surface area contributed by atoms with Gasteiger partial charge in [-0.1, -0.05) is 264 Å². The predicted molar refractivity (Wildman–Crippen MR) is 262 cm³/mol. The van der Waals surface area contributed by atoms with Crippen LogP contribution in [0.1, 0.15) is 290 Å². The lowest BCUT2D eigenvalue weighted by atomic mass is 10.0. The summed E-state index contributed by atoms with van der Waals surface area (Å²) in [6.07, 6.45) is 52.9. The van der Waals surface area contributed by atoms with Crippen molar-refractivity contribution in [2.45, 2.75) is 296 Å². The van der Waals surface area contributed by atoms with Crippen LogP contribution in [-0.4, -0.2) is 49.3 Å². The third kappa shape index (κ3) is 48.5. The quantitative estimate of drug-likeness (QED) is 0.0347. The molecule has 0 aromatic heterocycles. The van der Waals surface area contributed by atoms with Crippen molar-refractivity contribution in [3.63, 3.8) is 0 Å². The second-order valence-electron chi connectivity index (χ2n) is 18.5. The zero-order chi connectivity index (χ0) is 45.3. The number of carbonyl (C=O) groups excluding carboxylic acids is 2. The molecule has 0 saturated heterocycles. The lowest BCUT2D eigenvalue weighted by Crippen LogP contribution is -2.29. The van der Waals surface area contributed by atoms with E-state index in [0.717, 1.165) is 32.1 Å². The normalized spacial score (nSPS) is 13.0. The van der Waals surface area contributed by atoms with Gasteiger partial charge in [-0.15, -0.1) is 0 Å². The van der Waals surface area contributed by atoms with Gasteiger partial charge in [0.2, 0.25) is 0 Å². The first-order chi connectivity index (χ1) is 30.3. The molecule has 9 nitrogen and oxygen atoms in total. The number of phosphoric acid groups is 1. The average molecular weight is 902 g/mol. The minimum absolute atomic E-state index is 0.0585. The Hall–Kier alpha value is -0.990. The molecule has 2 atom stereocenters. The first-order valence-electron chi connectivity index (χ1n) is 27.0. The summed E-state index contributed by atoms with van der Waals surface area (Å²) in [6, 6.07) is 0. The van der Waals surface area contributed by atoms with E-state index in [1.807, 2.05) is 0 Å². The van der Waals surface area contributed by atoms with Gasteiger partial charge in [0, 0.05) is 19.4 Å². The molecule has 0 rings (SSSR count). The summed E-state index contributed by atoms with van der Waals surface area (Å²) in [5, 5.41) is 0. The second kappa shape index (κ2) is 49.4. The van der Waals surface area contributed by atoms with Crippen molar-refractivity contribution < 1.29 is 37.6 Å². The Morgan fingerprint density at radius 1 is 0.419 bits per heavy atom. The van der Waals surface area contributed by atoms with Crippen LogP contribution in [0.25, 0.3) is 0 Å². The number of nitrogens with two attached hydrogens (primary N) is 1. The number of rotatable bonds is 52. The third-order valence-electron chi connectivity index (χ3n) is 12.2. The molecular weight excluding hydrogens is 798 g/mol. The lowest BCUT2D eigenvalue weighted by molar-refractivity contribution is -0.161. The van der Waals surface area contributed by atoms with Crippen LogP contribution in [0, 0.1) is 0 Å². The molecule has 0 heterocycles. The van der Waals surface area contributed by atoms with Crippen LogP contribution in [0.5, 0.6) is 0 Å². The number of unbranched alkanes of at least 4 members (excludes halogenated alkanes) is 39. The van der Waals surface area contributed by atoms with Gasteiger partial charge in [0.05, 0.1) is 13.2 Å². The minimum atomic E-state index is -4.38. The highest BCUT2D eigenvalue weighted by molar-refractivity contribution is 7.47. The Labute approximate surface area is 384 Å². The van der Waals surface area contributed by atoms with Crippen LogP contribution in [0.4, 0.5) is 0 Å². The predicted octanol–water partition coefficient (Wildman–Crippen LogP) is 16.3. The van der Waals surface area contributed by atoms with Crippen molar-refractivity contribution in [1.29, 1.82) is 0 Å². The van der Waals surface area contributed by atoms with Crippen molar-refractivity contribution in [3.05, 3.63) is 0 Å². The summed E-state index contributed by atoms with van der Waals surface area (Å²) in [5.74, 6) is -0.804. The van der Waals surface area contributed by atoms with E-state index in [4.69, 9.17) is 24.3 Å². The maximum Gasteiger partial charge on any atom is 0.472 e. The molecule has 0 aliphatic heterocycles. The molecule has 0 aromatic rings. The van der Waals surface area contributed by atoms with Gasteiger partial charge < -0.3 is 20.1 Å². The number of hydrogen-bond donors (Lipinski definition) is 2. The largest absolute Gasteiger partial charge is 0.472 e. The van der Waals surface area contributed by atoms with Gasteiger partial charge in [-0.05, 0) is 12.8 Å². The molecule has 0 aliphatic carbocycles. The first kappa shape index (κ1) is 61.0. The number of hydrogen-bond acceptors (Lipinski definition) is 8. The average Bonchev–Trinajstić information content (AvgIpc) is 3.26. The molecule has 0 aliphatic rings. The van der Waals surface area contributed by atoms with Crippen molar-refractivity contribution in [1.82, 2.24) is 0 Å². The van der Waals surface area contributed by atoms with Gasteiger partial charge >= 0.3 is 19.8 Å². The molecule has 0 fully saturated rings. The molecule has 0 spiro atoms. The monoisotopic (exact) mass is 902 g/mol. The molecule has 2 unspecified atom stereocenters. The molecular formula is C52H104NO8P. The van der Waals surface area contributed by atoms with Gasteiger partial charge in [-0.25, -0.2) is 4.57 Å². The molecule has 3 N–H and O–H groups in total. The number of ether oxygens (including phenoxy) is 2. The van der Waals surface area contributed by atoms with Crippen molar-refractivity contribution in [3.8, 4) is 0 Å². The Kier molecular flexibility index (Phi) is 48.7. The SMILES string of the molecule is CCCCCCCCCCCCCCCCCCCCCCCCC(=O)OC(COC(=O)CCCCCCCCCCCCCCCCCCCCC)COP(=O)(O)OCCN. The van der Waals surface area contributed by atoms with Crippen molar-refractivity contribution in [2.75, 3.05) is 26.4 Å². The Morgan fingerprint density at radius 3 is 0.984 bits per heavy atom. The van der Waals surface area contributed by atoms with E-state index in [2.05, 4.69) is 13.8 Å². The van der Waals surface area contributed by atoms with Crippen LogP contribution in [0.2, 0.25) is 0 Å². The highest BCUT2D eigenvalue weighted by Gasteiger charge is 2.26. The van der Waals surface area contributed by atoms with Crippen LogP contribution >= 0.6 is 7.82 Å². The van der Waals surface area contributed by atoms with Crippen LogP contribution in [0.3, 0.4) is 0 Å². The van der Waals surface area contributed by atoms with Crippen LogP contribution in [0.15, 0.2) is 0 Å². The fraction of sp³-hybridized carbons (Fsp3) is 0.962. The maximum absolute atomic E-state index is 12.7. The molecule has 10 heteroatoms. The fourth-order valence-corrected chi connectivity index (χ4v) is 8.99. The second-order valence-corrected chi connectivity index (χ2v) is 19.9. The fourth-order valence-electron chi connectivity index (χ4n) is 8.23. The van der Waals surface area contributed by atoms with E-state index in [-0.39, 0.29) is 38.6 Å². The summed E-state index contributed by atoms with van der Waals surface area (Å²) in [7, 11) is -4.38. The Morgan fingerprint density at radius 2 is 0.694 bits per heavy atom. The molecule has 370 valence electrons. The smallest absolute Gasteiger partial charge is 0.462 e. The van der Waals surface area contributed by atoms with E-state index in [1.165, 1.54) is 225 Å². The Bertz CT molecular complexity index is 984. The number of carbonyl (C=O) groups is 2. The first-order valence-corrected chi connectivity index (χ1v) is 28.5. The van der Waals surface area contributed by atoms with Gasteiger partial charge in [-0.3, -0.25) is 18.6 Å². The van der Waals surface area contributed by atoms with E-state index in [1.54, 1.807) is 0 Å². The highest BCUT2D eigenvalue weighted by atomic mass is 31.2. The van der Waals surface area contributed by atoms with Gasteiger partial charge in [0.1, 0.15) is 6.61 Å². The molecule has 62 heavy (non-hydrogen) atoms. The number of esters is 2. The van der Waals surface area contributed by atoms with E-state index in [9.17, 15) is 19.0 Å². The van der Waals surface area contributed by atoms with Crippen molar-refractivity contribution in [2.24, 2.45) is 5.73 Å². The topological polar surface area (TPSA) is 134 Å². The molecule has 0 amide bonds. The van der Waals surface area contributed by atoms with E-state index < -0.39 is 26.5 Å². The van der Waals surface area contributed by atoms with Gasteiger partial charge in [0.25, 0.3) is 0 Å². The van der Waals surface area contributed by atoms with Gasteiger partial charge in [0.15, 0.2) is 6.10 Å². The summed E-state index contributed by atoms with van der Waals surface area (Å²) in [4.78, 5) is 35.1. The zero-order valence-electron chi connectivity index (χ0n) is 41.1. The molecule has 0 saturated carbocycles. The summed E-state index contributed by atoms with van der Waals surface area (Å²) < 4.78 is 33.0.